The molecule has 0 fully saturated rings. The minimum Gasteiger partial charge on any atom is -0.540 e. The van der Waals surface area contributed by atoms with E-state index in [0.717, 1.165) is 16.9 Å². The number of hydrogen-bond donors (Lipinski definition) is 1. The van der Waals surface area contributed by atoms with Gasteiger partial charge >= 0.3 is 0 Å². The average Bonchev–Trinajstić information content (AvgIpc) is 3.37. The van der Waals surface area contributed by atoms with Gasteiger partial charge < -0.3 is 29.0 Å². The van der Waals surface area contributed by atoms with Gasteiger partial charge in [-0.1, -0.05) is 74.4 Å². The Morgan fingerprint density at radius 2 is 1.50 bits per heavy atom. The zero-order valence-corrected chi connectivity index (χ0v) is 31.3. The SMILES string of the molecule is COc1ccc(C2=CN(C(=O)c3cc(OC)c(O[Si](C(C)C)(C(C)C)C(C)C)cc3N)[C@H](CO[Si](C)(C)C(C)(C)C)C2)cc1. The van der Waals surface area contributed by atoms with Crippen LogP contribution in [0.25, 0.3) is 5.57 Å². The highest BCUT2D eigenvalue weighted by Crippen LogP contribution is 2.46. The molecule has 0 aliphatic carbocycles. The number of nitrogens with zero attached hydrogens (tertiary/aromatic N) is 1. The van der Waals surface area contributed by atoms with Crippen LogP contribution in [0.3, 0.4) is 0 Å². The first-order valence-electron chi connectivity index (χ1n) is 15.9. The first-order chi connectivity index (χ1) is 20.4. The van der Waals surface area contributed by atoms with E-state index >= 15 is 0 Å². The highest BCUT2D eigenvalue weighted by atomic mass is 28.4. The summed E-state index contributed by atoms with van der Waals surface area (Å²) < 4.78 is 24.8. The predicted octanol–water partition coefficient (Wildman–Crippen LogP) is 9.12. The molecule has 2 aromatic carbocycles. The van der Waals surface area contributed by atoms with E-state index in [4.69, 9.17) is 24.1 Å². The van der Waals surface area contributed by atoms with E-state index in [1.807, 2.05) is 30.5 Å². The molecule has 1 atom stereocenters. The third-order valence-corrected chi connectivity index (χ3v) is 20.3. The monoisotopic (exact) mass is 640 g/mol. The number of carbonyl (C=O) groups is 1. The van der Waals surface area contributed by atoms with Gasteiger partial charge in [0, 0.05) is 18.0 Å². The smallest absolute Gasteiger partial charge is 0.260 e. The molecule has 7 nitrogen and oxygen atoms in total. The molecule has 0 unspecified atom stereocenters. The lowest BCUT2D eigenvalue weighted by Crippen LogP contribution is -2.50. The van der Waals surface area contributed by atoms with Crippen molar-refractivity contribution in [3.8, 4) is 17.2 Å². The first kappa shape index (κ1) is 35.7. The normalized spacial score (nSPS) is 16.1. The van der Waals surface area contributed by atoms with E-state index in [1.165, 1.54) is 0 Å². The molecule has 1 amide bonds. The number of carbonyl (C=O) groups excluding carboxylic acids is 1. The number of hydrogen-bond acceptors (Lipinski definition) is 6. The summed E-state index contributed by atoms with van der Waals surface area (Å²) in [4.78, 5) is 16.1. The molecule has 2 aromatic rings. The Bertz CT molecular complexity index is 1310. The van der Waals surface area contributed by atoms with E-state index in [-0.39, 0.29) is 17.0 Å². The van der Waals surface area contributed by atoms with Crippen LogP contribution in [0.1, 0.15) is 84.7 Å². The predicted molar refractivity (Wildman–Crippen MR) is 188 cm³/mol. The van der Waals surface area contributed by atoms with Gasteiger partial charge in [-0.3, -0.25) is 4.79 Å². The van der Waals surface area contributed by atoms with Crippen molar-refractivity contribution >= 4 is 33.8 Å². The summed E-state index contributed by atoms with van der Waals surface area (Å²) in [5.41, 5.74) is 10.7. The van der Waals surface area contributed by atoms with Crippen LogP contribution < -0.4 is 19.6 Å². The zero-order chi connectivity index (χ0) is 33.2. The van der Waals surface area contributed by atoms with Crippen LogP contribution in [0.5, 0.6) is 17.2 Å². The van der Waals surface area contributed by atoms with Crippen LogP contribution in [0.15, 0.2) is 42.6 Å². The minimum absolute atomic E-state index is 0.0564. The van der Waals surface area contributed by atoms with Crippen molar-refractivity contribution in [3.05, 3.63) is 53.7 Å². The Morgan fingerprint density at radius 1 is 0.932 bits per heavy atom. The van der Waals surface area contributed by atoms with Gasteiger partial charge in [0.2, 0.25) is 0 Å². The fraction of sp³-hybridized carbons (Fsp3) is 0.571. The van der Waals surface area contributed by atoms with Crippen LogP contribution in [-0.2, 0) is 4.43 Å². The van der Waals surface area contributed by atoms with Crippen molar-refractivity contribution in [3.63, 3.8) is 0 Å². The van der Waals surface area contributed by atoms with Crippen LogP contribution >= 0.6 is 0 Å². The van der Waals surface area contributed by atoms with E-state index in [1.54, 1.807) is 31.3 Å². The Morgan fingerprint density at radius 3 is 1.98 bits per heavy atom. The quantitative estimate of drug-likeness (QED) is 0.184. The molecule has 9 heteroatoms. The highest BCUT2D eigenvalue weighted by molar-refractivity contribution is 6.78. The second-order valence-electron chi connectivity index (χ2n) is 14.5. The van der Waals surface area contributed by atoms with Gasteiger partial charge in [-0.05, 0) is 70.5 Å². The maximum atomic E-state index is 14.3. The summed E-state index contributed by atoms with van der Waals surface area (Å²) in [6, 6.07) is 11.3. The molecule has 1 heterocycles. The lowest BCUT2D eigenvalue weighted by atomic mass is 10.0. The third-order valence-electron chi connectivity index (χ3n) is 9.84. The molecule has 2 N–H and O–H groups in total. The van der Waals surface area contributed by atoms with Crippen molar-refractivity contribution in [2.75, 3.05) is 26.6 Å². The molecule has 0 saturated heterocycles. The van der Waals surface area contributed by atoms with Gasteiger partial charge in [-0.15, -0.1) is 0 Å². The molecule has 244 valence electrons. The topological polar surface area (TPSA) is 83.2 Å². The van der Waals surface area contributed by atoms with E-state index < -0.39 is 16.6 Å². The Hall–Kier alpha value is -2.76. The summed E-state index contributed by atoms with van der Waals surface area (Å²) in [7, 11) is -1.06. The number of nitrogens with two attached hydrogens (primary N) is 1. The lowest BCUT2D eigenvalue weighted by Gasteiger charge is -2.42. The summed E-state index contributed by atoms with van der Waals surface area (Å²) in [5, 5.41) is 0.0564. The van der Waals surface area contributed by atoms with Crippen molar-refractivity contribution < 1.29 is 23.1 Å². The van der Waals surface area contributed by atoms with E-state index in [2.05, 4.69) is 75.4 Å². The number of nitrogen functional groups attached to an aromatic ring is 1. The molecular weight excluding hydrogens is 585 g/mol. The van der Waals surface area contributed by atoms with Crippen LogP contribution in [0.2, 0.25) is 34.8 Å². The average molecular weight is 641 g/mol. The summed E-state index contributed by atoms with van der Waals surface area (Å²) in [6.45, 7) is 25.1. The van der Waals surface area contributed by atoms with Crippen molar-refractivity contribution in [2.45, 2.75) is 110 Å². The molecule has 0 bridgehead atoms. The molecule has 3 rings (SSSR count). The van der Waals surface area contributed by atoms with Gasteiger partial charge in [0.15, 0.2) is 14.1 Å². The number of anilines is 1. The van der Waals surface area contributed by atoms with E-state index in [0.29, 0.717) is 52.4 Å². The number of rotatable bonds is 12. The molecule has 44 heavy (non-hydrogen) atoms. The largest absolute Gasteiger partial charge is 0.540 e. The van der Waals surface area contributed by atoms with Gasteiger partial charge in [0.25, 0.3) is 14.2 Å². The molecule has 0 radical (unpaired) electrons. The molecule has 0 aromatic heterocycles. The first-order valence-corrected chi connectivity index (χ1v) is 20.9. The number of methoxy groups -OCH3 is 2. The minimum atomic E-state index is -2.28. The van der Waals surface area contributed by atoms with Crippen LogP contribution in [0.4, 0.5) is 5.69 Å². The standard InChI is InChI=1S/C35H56N2O5Si2/c1-23(2)44(24(3)4,25(5)6)42-33-20-31(36)30(19-32(33)40-11)34(38)37-21-27(26-14-16-29(39-10)17-15-26)18-28(37)22-41-43(12,13)35(7,8)9/h14-17,19-21,23-25,28H,18,22,36H2,1-13H3/t28-/m0/s1. The fourth-order valence-electron chi connectivity index (χ4n) is 6.24. The van der Waals surface area contributed by atoms with Crippen molar-refractivity contribution in [1.82, 2.24) is 4.90 Å². The molecular formula is C35H56N2O5Si2. The number of ether oxygens (including phenoxy) is 2. The van der Waals surface area contributed by atoms with Crippen molar-refractivity contribution in [1.29, 1.82) is 0 Å². The number of benzene rings is 2. The Balaban J connectivity index is 2.03. The van der Waals surface area contributed by atoms with Crippen LogP contribution in [0, 0.1) is 0 Å². The van der Waals surface area contributed by atoms with Crippen molar-refractivity contribution in [2.24, 2.45) is 0 Å². The van der Waals surface area contributed by atoms with Gasteiger partial charge in [0.05, 0.1) is 32.4 Å². The maximum absolute atomic E-state index is 14.3. The molecule has 0 spiro atoms. The molecule has 1 aliphatic rings. The fourth-order valence-corrected chi connectivity index (χ4v) is 12.5. The van der Waals surface area contributed by atoms with Gasteiger partial charge in [-0.25, -0.2) is 0 Å². The number of amides is 1. The highest BCUT2D eigenvalue weighted by Gasteiger charge is 2.47. The zero-order valence-electron chi connectivity index (χ0n) is 29.3. The summed E-state index contributed by atoms with van der Waals surface area (Å²) in [6.07, 6.45) is 2.63. The van der Waals surface area contributed by atoms with Gasteiger partial charge in [-0.2, -0.15) is 0 Å². The second kappa shape index (κ2) is 13.7. The molecule has 1 aliphatic heterocycles. The summed E-state index contributed by atoms with van der Waals surface area (Å²) in [5.74, 6) is 1.74. The molecule has 0 saturated carbocycles. The Labute approximate surface area is 268 Å². The van der Waals surface area contributed by atoms with E-state index in [9.17, 15) is 4.79 Å². The van der Waals surface area contributed by atoms with Gasteiger partial charge in [0.1, 0.15) is 11.5 Å². The Kier molecular flexibility index (Phi) is 11.1. The maximum Gasteiger partial charge on any atom is 0.260 e. The lowest BCUT2D eigenvalue weighted by molar-refractivity contribution is 0.0738. The second-order valence-corrected chi connectivity index (χ2v) is 24.7. The third kappa shape index (κ3) is 7.21. The van der Waals surface area contributed by atoms with Crippen LogP contribution in [-0.4, -0.2) is 54.3 Å². The summed E-state index contributed by atoms with van der Waals surface area (Å²) >= 11 is 0.